The smallest absolute Gasteiger partial charge is 0.253 e. The van der Waals surface area contributed by atoms with Gasteiger partial charge in [-0.05, 0) is 38.1 Å². The Balaban J connectivity index is 2.67. The van der Waals surface area contributed by atoms with Crippen molar-refractivity contribution in [3.05, 3.63) is 41.7 Å². The Labute approximate surface area is 119 Å². The number of carbonyl (C=O) groups is 1. The second-order valence-electron chi connectivity index (χ2n) is 4.26. The fourth-order valence-electron chi connectivity index (χ4n) is 1.70. The van der Waals surface area contributed by atoms with Crippen molar-refractivity contribution in [1.29, 1.82) is 0 Å². The monoisotopic (exact) mass is 280 g/mol. The van der Waals surface area contributed by atoms with E-state index < -0.39 is 0 Å². The summed E-state index contributed by atoms with van der Waals surface area (Å²) >= 11 is 0. The predicted molar refractivity (Wildman–Crippen MR) is 77.4 cm³/mol. The molecule has 0 saturated carbocycles. The third-order valence-electron chi connectivity index (χ3n) is 2.99. The summed E-state index contributed by atoms with van der Waals surface area (Å²) in [5.74, 6) is 0.571. The molecule has 20 heavy (non-hydrogen) atoms. The van der Waals surface area contributed by atoms with Crippen LogP contribution in [0.4, 0.5) is 4.39 Å². The number of nitrogens with two attached hydrogens (primary N) is 1. The summed E-state index contributed by atoms with van der Waals surface area (Å²) in [5, 5.41) is 0. The van der Waals surface area contributed by atoms with Crippen molar-refractivity contribution in [1.82, 2.24) is 4.90 Å². The van der Waals surface area contributed by atoms with Crippen LogP contribution in [0.3, 0.4) is 0 Å². The third kappa shape index (κ3) is 4.35. The van der Waals surface area contributed by atoms with E-state index in [0.29, 0.717) is 36.3 Å². The van der Waals surface area contributed by atoms with E-state index in [-0.39, 0.29) is 19.1 Å². The number of rotatable bonds is 7. The van der Waals surface area contributed by atoms with Crippen molar-refractivity contribution in [2.75, 3.05) is 26.2 Å². The van der Waals surface area contributed by atoms with Crippen LogP contribution < -0.4 is 10.5 Å². The fourth-order valence-corrected chi connectivity index (χ4v) is 1.70. The minimum atomic E-state index is -0.00662. The number of carbonyl (C=O) groups excluding carboxylic acids is 1. The van der Waals surface area contributed by atoms with Gasteiger partial charge in [-0.1, -0.05) is 0 Å². The van der Waals surface area contributed by atoms with Gasteiger partial charge in [0.1, 0.15) is 12.4 Å². The summed E-state index contributed by atoms with van der Waals surface area (Å²) in [4.78, 5) is 13.8. The third-order valence-corrected chi connectivity index (χ3v) is 2.99. The van der Waals surface area contributed by atoms with Gasteiger partial charge < -0.3 is 15.4 Å². The Hall–Kier alpha value is -1.88. The van der Waals surface area contributed by atoms with Crippen LogP contribution in [-0.4, -0.2) is 37.0 Å². The van der Waals surface area contributed by atoms with E-state index in [2.05, 4.69) is 0 Å². The number of benzene rings is 1. The zero-order chi connectivity index (χ0) is 15.0. The molecule has 0 heterocycles. The molecule has 0 unspecified atom stereocenters. The first-order valence-corrected chi connectivity index (χ1v) is 6.66. The Morgan fingerprint density at radius 2 is 1.90 bits per heavy atom. The molecule has 0 aromatic heterocycles. The summed E-state index contributed by atoms with van der Waals surface area (Å²) in [6, 6.07) is 6.81. The lowest BCUT2D eigenvalue weighted by Crippen LogP contribution is -2.30. The van der Waals surface area contributed by atoms with Gasteiger partial charge in [0.2, 0.25) is 0 Å². The van der Waals surface area contributed by atoms with E-state index >= 15 is 0 Å². The van der Waals surface area contributed by atoms with Crippen LogP contribution in [-0.2, 0) is 0 Å². The van der Waals surface area contributed by atoms with Gasteiger partial charge in [-0.3, -0.25) is 4.79 Å². The SMILES string of the molecule is CCN(CC)C(=O)c1ccc(OCC(=CF)CN)cc1. The highest BCUT2D eigenvalue weighted by atomic mass is 19.1. The first-order chi connectivity index (χ1) is 9.65. The van der Waals surface area contributed by atoms with Crippen molar-refractivity contribution in [2.45, 2.75) is 13.8 Å². The lowest BCUT2D eigenvalue weighted by Gasteiger charge is -2.18. The van der Waals surface area contributed by atoms with Crippen LogP contribution in [0.5, 0.6) is 5.75 Å². The zero-order valence-electron chi connectivity index (χ0n) is 11.9. The highest BCUT2D eigenvalue weighted by Crippen LogP contribution is 2.14. The summed E-state index contributed by atoms with van der Waals surface area (Å²) in [6.07, 6.45) is 0.457. The second kappa shape index (κ2) is 8.32. The summed E-state index contributed by atoms with van der Waals surface area (Å²) in [5.41, 5.74) is 6.33. The van der Waals surface area contributed by atoms with Crippen LogP contribution in [0.25, 0.3) is 0 Å². The highest BCUT2D eigenvalue weighted by molar-refractivity contribution is 5.94. The van der Waals surface area contributed by atoms with Crippen LogP contribution in [0.15, 0.2) is 36.2 Å². The summed E-state index contributed by atoms with van der Waals surface area (Å²) in [6.45, 7) is 5.46. The predicted octanol–water partition coefficient (Wildman–Crippen LogP) is 2.36. The molecule has 0 aliphatic carbocycles. The Morgan fingerprint density at radius 3 is 2.35 bits per heavy atom. The average molecular weight is 280 g/mol. The summed E-state index contributed by atoms with van der Waals surface area (Å²) in [7, 11) is 0. The molecule has 110 valence electrons. The molecule has 1 aromatic rings. The molecule has 4 nitrogen and oxygen atoms in total. The zero-order valence-corrected chi connectivity index (χ0v) is 11.9. The topological polar surface area (TPSA) is 55.6 Å². The van der Waals surface area contributed by atoms with E-state index in [4.69, 9.17) is 10.5 Å². The molecule has 0 fully saturated rings. The van der Waals surface area contributed by atoms with Gasteiger partial charge in [0.25, 0.3) is 5.91 Å². The summed E-state index contributed by atoms with van der Waals surface area (Å²) < 4.78 is 17.7. The lowest BCUT2D eigenvalue weighted by atomic mass is 10.2. The molecule has 0 atom stereocenters. The number of nitrogens with zero attached hydrogens (tertiary/aromatic N) is 1. The lowest BCUT2D eigenvalue weighted by molar-refractivity contribution is 0.0773. The van der Waals surface area contributed by atoms with E-state index in [9.17, 15) is 9.18 Å². The maximum atomic E-state index is 12.3. The minimum Gasteiger partial charge on any atom is -0.489 e. The van der Waals surface area contributed by atoms with Crippen molar-refractivity contribution < 1.29 is 13.9 Å². The Morgan fingerprint density at radius 1 is 1.30 bits per heavy atom. The standard InChI is InChI=1S/C15H21FN2O2/c1-3-18(4-2)15(19)13-5-7-14(8-6-13)20-11-12(9-16)10-17/h5-9H,3-4,10-11,17H2,1-2H3. The first kappa shape index (κ1) is 16.2. The quantitative estimate of drug-likeness (QED) is 0.834. The molecule has 0 aliphatic heterocycles. The van der Waals surface area contributed by atoms with Gasteiger partial charge in [-0.2, -0.15) is 0 Å². The largest absolute Gasteiger partial charge is 0.489 e. The van der Waals surface area contributed by atoms with Crippen LogP contribution in [0.2, 0.25) is 0 Å². The highest BCUT2D eigenvalue weighted by Gasteiger charge is 2.12. The number of amides is 1. The first-order valence-electron chi connectivity index (χ1n) is 6.66. The van der Waals surface area contributed by atoms with Crippen molar-refractivity contribution >= 4 is 5.91 Å². The number of ether oxygens (including phenoxy) is 1. The Kier molecular flexibility index (Phi) is 6.73. The molecular weight excluding hydrogens is 259 g/mol. The molecule has 5 heteroatoms. The molecule has 0 spiro atoms. The van der Waals surface area contributed by atoms with Gasteiger partial charge >= 0.3 is 0 Å². The van der Waals surface area contributed by atoms with Gasteiger partial charge in [-0.25, -0.2) is 4.39 Å². The van der Waals surface area contributed by atoms with Crippen LogP contribution in [0.1, 0.15) is 24.2 Å². The molecule has 1 amide bonds. The van der Waals surface area contributed by atoms with Crippen LogP contribution >= 0.6 is 0 Å². The maximum Gasteiger partial charge on any atom is 0.253 e. The normalized spacial score (nSPS) is 11.3. The number of halogens is 1. The van der Waals surface area contributed by atoms with E-state index in [1.807, 2.05) is 13.8 Å². The van der Waals surface area contributed by atoms with Gasteiger partial charge in [0.15, 0.2) is 0 Å². The second-order valence-corrected chi connectivity index (χ2v) is 4.26. The molecule has 1 rings (SSSR count). The van der Waals surface area contributed by atoms with E-state index in [1.165, 1.54) is 0 Å². The number of hydrogen-bond acceptors (Lipinski definition) is 3. The van der Waals surface area contributed by atoms with E-state index in [1.54, 1.807) is 29.2 Å². The van der Waals surface area contributed by atoms with E-state index in [0.717, 1.165) is 0 Å². The van der Waals surface area contributed by atoms with Crippen molar-refractivity contribution in [3.63, 3.8) is 0 Å². The van der Waals surface area contributed by atoms with Gasteiger partial charge in [0, 0.05) is 30.8 Å². The maximum absolute atomic E-state index is 12.3. The molecular formula is C15H21FN2O2. The molecule has 0 radical (unpaired) electrons. The molecule has 0 bridgehead atoms. The fraction of sp³-hybridized carbons (Fsp3) is 0.400. The molecule has 1 aromatic carbocycles. The Bertz CT molecular complexity index is 453. The van der Waals surface area contributed by atoms with Crippen LogP contribution in [0, 0.1) is 0 Å². The van der Waals surface area contributed by atoms with Gasteiger partial charge in [0.05, 0.1) is 6.33 Å². The van der Waals surface area contributed by atoms with Crippen molar-refractivity contribution in [3.8, 4) is 5.75 Å². The molecule has 0 aliphatic rings. The molecule has 2 N–H and O–H groups in total. The molecule has 0 saturated heterocycles. The average Bonchev–Trinajstić information content (AvgIpc) is 2.50. The van der Waals surface area contributed by atoms with Crippen molar-refractivity contribution in [2.24, 2.45) is 5.73 Å². The van der Waals surface area contributed by atoms with Gasteiger partial charge in [-0.15, -0.1) is 0 Å². The number of hydrogen-bond donors (Lipinski definition) is 1. The minimum absolute atomic E-state index is 0.00662.